The van der Waals surface area contributed by atoms with Crippen molar-refractivity contribution in [2.24, 2.45) is 7.05 Å². The molecular weight excluding hydrogens is 272 g/mol. The molecule has 1 aliphatic rings. The van der Waals surface area contributed by atoms with E-state index in [1.165, 1.54) is 29.3 Å². The summed E-state index contributed by atoms with van der Waals surface area (Å²) in [6, 6.07) is 1.93. The number of aromatic nitrogens is 2. The van der Waals surface area contributed by atoms with Crippen LogP contribution in [-0.2, 0) is 7.05 Å². The summed E-state index contributed by atoms with van der Waals surface area (Å²) in [7, 11) is 1.82. The van der Waals surface area contributed by atoms with Crippen LogP contribution in [0.15, 0.2) is 21.4 Å². The van der Waals surface area contributed by atoms with Crippen LogP contribution in [0.4, 0.5) is 0 Å². The zero-order chi connectivity index (χ0) is 11.8. The lowest BCUT2D eigenvalue weighted by Gasteiger charge is -2.10. The lowest BCUT2D eigenvalue weighted by Crippen LogP contribution is -2.20. The quantitative estimate of drug-likeness (QED) is 0.794. The summed E-state index contributed by atoms with van der Waals surface area (Å²) >= 11 is 5.20. The van der Waals surface area contributed by atoms with Gasteiger partial charge in [0.25, 0.3) is 5.56 Å². The first kappa shape index (κ1) is 11.6. The molecule has 6 heteroatoms. The largest absolute Gasteiger partial charge is 0.290 e. The number of thioether (sulfide) groups is 2. The van der Waals surface area contributed by atoms with E-state index >= 15 is 0 Å². The van der Waals surface area contributed by atoms with E-state index in [0.29, 0.717) is 5.25 Å². The lowest BCUT2D eigenvalue weighted by molar-refractivity contribution is 0.724. The maximum Gasteiger partial charge on any atom is 0.271 e. The molecule has 0 aromatic carbocycles. The third-order valence-corrected chi connectivity index (χ3v) is 6.38. The lowest BCUT2D eigenvalue weighted by atomic mass is 10.4. The fourth-order valence-electron chi connectivity index (χ4n) is 1.83. The van der Waals surface area contributed by atoms with Crippen LogP contribution >= 0.6 is 34.9 Å². The number of hydrogen-bond donors (Lipinski definition) is 0. The molecule has 3 heterocycles. The van der Waals surface area contributed by atoms with E-state index in [-0.39, 0.29) is 5.56 Å². The summed E-state index contributed by atoms with van der Waals surface area (Å²) in [5.74, 6) is 2.40. The standard InChI is InChI=1S/C11H12N2OS3/c1-13-10(14)9-8(3-5-16-9)12-11(13)17-7-2-4-15-6-7/h3,5,7H,2,4,6H2,1H3. The third-order valence-electron chi connectivity index (χ3n) is 2.81. The Balaban J connectivity index is 2.03. The smallest absolute Gasteiger partial charge is 0.271 e. The predicted molar refractivity (Wildman–Crippen MR) is 76.4 cm³/mol. The van der Waals surface area contributed by atoms with Crippen LogP contribution in [0.25, 0.3) is 10.2 Å². The maximum absolute atomic E-state index is 12.1. The van der Waals surface area contributed by atoms with Crippen molar-refractivity contribution in [1.82, 2.24) is 9.55 Å². The highest BCUT2D eigenvalue weighted by Crippen LogP contribution is 2.32. The second-order valence-corrected chi connectivity index (χ2v) is 7.33. The number of nitrogens with zero attached hydrogens (tertiary/aromatic N) is 2. The van der Waals surface area contributed by atoms with Gasteiger partial charge in [-0.05, 0) is 23.6 Å². The fourth-order valence-corrected chi connectivity index (χ4v) is 5.32. The van der Waals surface area contributed by atoms with Crippen LogP contribution in [-0.4, -0.2) is 26.3 Å². The predicted octanol–water partition coefficient (Wildman–Crippen LogP) is 2.59. The zero-order valence-electron chi connectivity index (χ0n) is 9.38. The minimum absolute atomic E-state index is 0.0816. The van der Waals surface area contributed by atoms with Gasteiger partial charge < -0.3 is 0 Å². The van der Waals surface area contributed by atoms with E-state index in [1.54, 1.807) is 16.3 Å². The van der Waals surface area contributed by atoms with Crippen molar-refractivity contribution < 1.29 is 0 Å². The Hall–Kier alpha value is -0.460. The number of rotatable bonds is 2. The van der Waals surface area contributed by atoms with Crippen molar-refractivity contribution >= 4 is 45.1 Å². The van der Waals surface area contributed by atoms with E-state index < -0.39 is 0 Å². The highest BCUT2D eigenvalue weighted by molar-refractivity contribution is 8.04. The third kappa shape index (κ3) is 2.13. The van der Waals surface area contributed by atoms with Crippen molar-refractivity contribution in [2.75, 3.05) is 11.5 Å². The van der Waals surface area contributed by atoms with Crippen molar-refractivity contribution in [3.8, 4) is 0 Å². The Labute approximate surface area is 112 Å². The molecule has 3 nitrogen and oxygen atoms in total. The van der Waals surface area contributed by atoms with Gasteiger partial charge >= 0.3 is 0 Å². The summed E-state index contributed by atoms with van der Waals surface area (Å²) in [6.07, 6.45) is 1.22. The molecule has 0 saturated carbocycles. The molecule has 2 aromatic heterocycles. The molecule has 17 heavy (non-hydrogen) atoms. The normalized spacial score (nSPS) is 20.2. The maximum atomic E-state index is 12.1. The Kier molecular flexibility index (Phi) is 3.19. The summed E-state index contributed by atoms with van der Waals surface area (Å²) in [5, 5.41) is 3.39. The number of fused-ring (bicyclic) bond motifs is 1. The van der Waals surface area contributed by atoms with Gasteiger partial charge in [-0.15, -0.1) is 11.3 Å². The van der Waals surface area contributed by atoms with Crippen LogP contribution < -0.4 is 5.56 Å². The van der Waals surface area contributed by atoms with E-state index in [4.69, 9.17) is 0 Å². The number of hydrogen-bond acceptors (Lipinski definition) is 5. The van der Waals surface area contributed by atoms with Crippen molar-refractivity contribution in [3.63, 3.8) is 0 Å². The molecular formula is C11H12N2OS3. The van der Waals surface area contributed by atoms with Gasteiger partial charge in [-0.2, -0.15) is 11.8 Å². The first-order valence-electron chi connectivity index (χ1n) is 5.44. The Morgan fingerprint density at radius 1 is 1.59 bits per heavy atom. The zero-order valence-corrected chi connectivity index (χ0v) is 11.8. The molecule has 0 N–H and O–H groups in total. The summed E-state index contributed by atoms with van der Waals surface area (Å²) < 4.78 is 2.45. The van der Waals surface area contributed by atoms with Gasteiger partial charge in [-0.1, -0.05) is 11.8 Å². The minimum atomic E-state index is 0.0816. The van der Waals surface area contributed by atoms with Gasteiger partial charge in [0.1, 0.15) is 4.70 Å². The van der Waals surface area contributed by atoms with E-state index in [0.717, 1.165) is 15.4 Å². The van der Waals surface area contributed by atoms with Crippen molar-refractivity contribution in [3.05, 3.63) is 21.8 Å². The topological polar surface area (TPSA) is 34.9 Å². The average molecular weight is 284 g/mol. The molecule has 1 atom stereocenters. The Morgan fingerprint density at radius 2 is 2.47 bits per heavy atom. The van der Waals surface area contributed by atoms with E-state index in [9.17, 15) is 4.79 Å². The Bertz CT molecular complexity index is 598. The van der Waals surface area contributed by atoms with Crippen molar-refractivity contribution in [1.29, 1.82) is 0 Å². The van der Waals surface area contributed by atoms with E-state index in [1.807, 2.05) is 30.3 Å². The van der Waals surface area contributed by atoms with Gasteiger partial charge in [0.15, 0.2) is 5.16 Å². The minimum Gasteiger partial charge on any atom is -0.290 e. The van der Waals surface area contributed by atoms with E-state index in [2.05, 4.69) is 4.98 Å². The number of thiophene rings is 1. The van der Waals surface area contributed by atoms with Gasteiger partial charge in [-0.25, -0.2) is 4.98 Å². The van der Waals surface area contributed by atoms with Crippen LogP contribution in [0, 0.1) is 0 Å². The molecule has 1 unspecified atom stereocenters. The molecule has 0 spiro atoms. The summed E-state index contributed by atoms with van der Waals surface area (Å²) in [6.45, 7) is 0. The molecule has 0 amide bonds. The first-order chi connectivity index (χ1) is 8.25. The highest BCUT2D eigenvalue weighted by atomic mass is 32.2. The summed E-state index contributed by atoms with van der Waals surface area (Å²) in [5.41, 5.74) is 0.921. The molecule has 0 bridgehead atoms. The second-order valence-electron chi connectivity index (χ2n) is 4.00. The fraction of sp³-hybridized carbons (Fsp3) is 0.455. The van der Waals surface area contributed by atoms with Gasteiger partial charge in [-0.3, -0.25) is 9.36 Å². The molecule has 2 aromatic rings. The van der Waals surface area contributed by atoms with Crippen LogP contribution in [0.5, 0.6) is 0 Å². The average Bonchev–Trinajstić information content (AvgIpc) is 2.96. The highest BCUT2D eigenvalue weighted by Gasteiger charge is 2.19. The monoisotopic (exact) mass is 284 g/mol. The first-order valence-corrected chi connectivity index (χ1v) is 8.36. The van der Waals surface area contributed by atoms with Gasteiger partial charge in [0, 0.05) is 18.1 Å². The molecule has 0 aliphatic carbocycles. The molecule has 90 valence electrons. The SMILES string of the molecule is Cn1c(SC2CCSC2)nc2ccsc2c1=O. The molecule has 1 aliphatic heterocycles. The van der Waals surface area contributed by atoms with Crippen LogP contribution in [0.1, 0.15) is 6.42 Å². The van der Waals surface area contributed by atoms with Crippen LogP contribution in [0.3, 0.4) is 0 Å². The molecule has 3 rings (SSSR count). The molecule has 1 fully saturated rings. The van der Waals surface area contributed by atoms with Gasteiger partial charge in [0.2, 0.25) is 0 Å². The van der Waals surface area contributed by atoms with Crippen LogP contribution in [0.2, 0.25) is 0 Å². The van der Waals surface area contributed by atoms with Crippen molar-refractivity contribution in [2.45, 2.75) is 16.8 Å². The summed E-state index contributed by atoms with van der Waals surface area (Å²) in [4.78, 5) is 16.7. The molecule has 0 radical (unpaired) electrons. The molecule has 1 saturated heterocycles. The van der Waals surface area contributed by atoms with Gasteiger partial charge in [0.05, 0.1) is 5.52 Å². The second kappa shape index (κ2) is 4.66. The Morgan fingerprint density at radius 3 is 3.24 bits per heavy atom.